The molecule has 0 bridgehead atoms. The Balaban J connectivity index is 1.72. The Morgan fingerprint density at radius 3 is 2.70 bits per heavy atom. The van der Waals surface area contributed by atoms with E-state index >= 15 is 0 Å². The molecular weight excluding hydrogens is 413 g/mol. The van der Waals surface area contributed by atoms with Gasteiger partial charge in [-0.3, -0.25) is 0 Å². The maximum absolute atomic E-state index is 13.6. The van der Waals surface area contributed by atoms with Crippen LogP contribution in [0, 0.1) is 5.82 Å². The second kappa shape index (κ2) is 7.64. The van der Waals surface area contributed by atoms with E-state index in [-0.39, 0.29) is 17.8 Å². The number of carboxylic acid groups (broad SMARTS) is 2. The predicted molar refractivity (Wildman–Crippen MR) is 111 cm³/mol. The molecule has 0 saturated carbocycles. The van der Waals surface area contributed by atoms with Crippen molar-refractivity contribution in [3.63, 3.8) is 0 Å². The van der Waals surface area contributed by atoms with Crippen LogP contribution in [0.15, 0.2) is 48.7 Å². The first-order chi connectivity index (χ1) is 14.3. The number of H-pyrrole nitrogens is 1. The summed E-state index contributed by atoms with van der Waals surface area (Å²) in [6.45, 7) is 0. The van der Waals surface area contributed by atoms with Gasteiger partial charge >= 0.3 is 11.9 Å². The number of benzene rings is 2. The number of aliphatic carboxylic acids is 1. The van der Waals surface area contributed by atoms with Gasteiger partial charge < -0.3 is 20.5 Å². The topological polar surface area (TPSA) is 115 Å². The summed E-state index contributed by atoms with van der Waals surface area (Å²) in [5.41, 5.74) is 1.53. The van der Waals surface area contributed by atoms with Gasteiger partial charge in [0.05, 0.1) is 5.52 Å². The second-order valence-electron chi connectivity index (χ2n) is 6.77. The van der Waals surface area contributed by atoms with Crippen molar-refractivity contribution in [3.8, 4) is 0 Å². The number of nitrogens with zero attached hydrogens (tertiary/aromatic N) is 1. The average molecular weight is 428 g/mol. The summed E-state index contributed by atoms with van der Waals surface area (Å²) in [5, 5.41) is 23.5. The highest BCUT2D eigenvalue weighted by Gasteiger charge is 2.23. The Bertz CT molecular complexity index is 1300. The van der Waals surface area contributed by atoms with Crippen LogP contribution in [0.1, 0.15) is 15.9 Å². The van der Waals surface area contributed by atoms with E-state index < -0.39 is 23.8 Å². The average Bonchev–Trinajstić information content (AvgIpc) is 3.08. The van der Waals surface area contributed by atoms with Crippen molar-refractivity contribution in [1.82, 2.24) is 9.97 Å². The quantitative estimate of drug-likeness (QED) is 0.364. The molecule has 0 radical (unpaired) electrons. The molecule has 0 saturated heterocycles. The monoisotopic (exact) mass is 427 g/mol. The van der Waals surface area contributed by atoms with Crippen molar-refractivity contribution >= 4 is 51.2 Å². The van der Waals surface area contributed by atoms with Crippen molar-refractivity contribution in [2.24, 2.45) is 0 Å². The van der Waals surface area contributed by atoms with Gasteiger partial charge in [-0.15, -0.1) is 0 Å². The molecule has 2 heterocycles. The van der Waals surface area contributed by atoms with E-state index in [0.717, 1.165) is 0 Å². The molecule has 4 rings (SSSR count). The van der Waals surface area contributed by atoms with Gasteiger partial charge in [-0.05, 0) is 48.0 Å². The Morgan fingerprint density at radius 1 is 1.17 bits per heavy atom. The highest BCUT2D eigenvalue weighted by Crippen LogP contribution is 2.26. The Labute approximate surface area is 174 Å². The smallest absolute Gasteiger partial charge is 0.339 e. The summed E-state index contributed by atoms with van der Waals surface area (Å²) in [5.74, 6) is -2.97. The summed E-state index contributed by atoms with van der Waals surface area (Å²) < 4.78 is 13.6. The van der Waals surface area contributed by atoms with Crippen LogP contribution in [-0.4, -0.2) is 38.2 Å². The zero-order valence-corrected chi connectivity index (χ0v) is 16.1. The number of aromatic amines is 1. The number of rotatable bonds is 6. The first kappa shape index (κ1) is 19.7. The van der Waals surface area contributed by atoms with Gasteiger partial charge in [-0.1, -0.05) is 11.6 Å². The maximum atomic E-state index is 13.6. The fourth-order valence-electron chi connectivity index (χ4n) is 3.32. The van der Waals surface area contributed by atoms with Gasteiger partial charge in [0.1, 0.15) is 23.2 Å². The SMILES string of the molecule is O=C(O)c1cc2cc(Cl)ccc2nc1NC(Cc1c[nH]c2ccc(F)cc12)C(=O)O. The lowest BCUT2D eigenvalue weighted by molar-refractivity contribution is -0.137. The molecule has 2 aromatic carbocycles. The number of hydrogen-bond acceptors (Lipinski definition) is 4. The van der Waals surface area contributed by atoms with Crippen LogP contribution in [0.25, 0.3) is 21.8 Å². The number of aromatic nitrogens is 2. The molecule has 0 aliphatic carbocycles. The van der Waals surface area contributed by atoms with Gasteiger partial charge in [0.25, 0.3) is 0 Å². The van der Waals surface area contributed by atoms with E-state index in [1.54, 1.807) is 30.5 Å². The molecule has 30 heavy (non-hydrogen) atoms. The summed E-state index contributed by atoms with van der Waals surface area (Å²) in [4.78, 5) is 30.9. The summed E-state index contributed by atoms with van der Waals surface area (Å²) in [6, 6.07) is 9.19. The normalized spacial score (nSPS) is 12.2. The number of nitrogens with one attached hydrogen (secondary N) is 2. The minimum Gasteiger partial charge on any atom is -0.480 e. The van der Waals surface area contributed by atoms with Crippen molar-refractivity contribution < 1.29 is 24.2 Å². The number of pyridine rings is 1. The Kier molecular flexibility index (Phi) is 5.01. The third kappa shape index (κ3) is 3.77. The fraction of sp³-hybridized carbons (Fsp3) is 0.0952. The van der Waals surface area contributed by atoms with Gasteiger partial charge in [0.15, 0.2) is 0 Å². The molecule has 0 fully saturated rings. The van der Waals surface area contributed by atoms with Gasteiger partial charge in [-0.25, -0.2) is 19.0 Å². The van der Waals surface area contributed by atoms with Crippen LogP contribution in [0.5, 0.6) is 0 Å². The van der Waals surface area contributed by atoms with E-state index in [4.69, 9.17) is 11.6 Å². The van der Waals surface area contributed by atoms with Crippen molar-refractivity contribution in [1.29, 1.82) is 0 Å². The lowest BCUT2D eigenvalue weighted by atomic mass is 10.0. The lowest BCUT2D eigenvalue weighted by Crippen LogP contribution is -2.32. The third-order valence-electron chi connectivity index (χ3n) is 4.77. The number of aromatic carboxylic acids is 1. The zero-order valence-electron chi connectivity index (χ0n) is 15.3. The van der Waals surface area contributed by atoms with Crippen molar-refractivity contribution in [2.45, 2.75) is 12.5 Å². The summed E-state index contributed by atoms with van der Waals surface area (Å²) >= 11 is 5.96. The standard InChI is InChI=1S/C21H15ClFN3O4/c22-12-1-3-16-10(5-12)6-15(20(27)28)19(25-16)26-18(21(29)30)7-11-9-24-17-4-2-13(23)8-14(11)17/h1-6,8-9,18,24H,7H2,(H,25,26)(H,27,28)(H,29,30). The van der Waals surface area contributed by atoms with E-state index in [1.165, 1.54) is 18.2 Å². The molecule has 0 aliphatic rings. The number of fused-ring (bicyclic) bond motifs is 2. The number of hydrogen-bond donors (Lipinski definition) is 4. The molecule has 0 spiro atoms. The summed E-state index contributed by atoms with van der Waals surface area (Å²) in [7, 11) is 0. The number of halogens is 2. The fourth-order valence-corrected chi connectivity index (χ4v) is 3.51. The Morgan fingerprint density at radius 2 is 1.97 bits per heavy atom. The zero-order chi connectivity index (χ0) is 21.4. The Hall–Kier alpha value is -3.65. The largest absolute Gasteiger partial charge is 0.480 e. The van der Waals surface area contributed by atoms with Crippen LogP contribution < -0.4 is 5.32 Å². The molecule has 7 nitrogen and oxygen atoms in total. The highest BCUT2D eigenvalue weighted by atomic mass is 35.5. The van der Waals surface area contributed by atoms with Crippen LogP contribution in [0.4, 0.5) is 10.2 Å². The highest BCUT2D eigenvalue weighted by molar-refractivity contribution is 6.31. The molecule has 1 unspecified atom stereocenters. The van der Waals surface area contributed by atoms with Gasteiger partial charge in [-0.2, -0.15) is 0 Å². The number of anilines is 1. The van der Waals surface area contributed by atoms with Crippen LogP contribution in [-0.2, 0) is 11.2 Å². The van der Waals surface area contributed by atoms with E-state index in [9.17, 15) is 24.2 Å². The third-order valence-corrected chi connectivity index (χ3v) is 5.00. The molecular formula is C21H15ClFN3O4. The predicted octanol–water partition coefficient (Wildman–Crippen LogP) is 4.31. The molecule has 0 amide bonds. The summed E-state index contributed by atoms with van der Waals surface area (Å²) in [6.07, 6.45) is 1.59. The van der Waals surface area contributed by atoms with Crippen LogP contribution in [0.3, 0.4) is 0 Å². The van der Waals surface area contributed by atoms with E-state index in [1.807, 2.05) is 0 Å². The molecule has 1 atom stereocenters. The van der Waals surface area contributed by atoms with E-state index in [2.05, 4.69) is 15.3 Å². The number of carbonyl (C=O) groups is 2. The van der Waals surface area contributed by atoms with Crippen LogP contribution >= 0.6 is 11.6 Å². The lowest BCUT2D eigenvalue weighted by Gasteiger charge is -2.17. The second-order valence-corrected chi connectivity index (χ2v) is 7.21. The molecule has 2 aromatic heterocycles. The van der Waals surface area contributed by atoms with Crippen LogP contribution in [0.2, 0.25) is 5.02 Å². The molecule has 152 valence electrons. The van der Waals surface area contributed by atoms with Gasteiger partial charge in [0.2, 0.25) is 0 Å². The molecule has 4 N–H and O–H groups in total. The molecule has 0 aliphatic heterocycles. The van der Waals surface area contributed by atoms with Crippen molar-refractivity contribution in [2.75, 3.05) is 5.32 Å². The minimum atomic E-state index is -1.26. The van der Waals surface area contributed by atoms with Crippen molar-refractivity contribution in [3.05, 3.63) is 70.6 Å². The molecule has 4 aromatic rings. The van der Waals surface area contributed by atoms with Gasteiger partial charge in [0, 0.05) is 33.9 Å². The maximum Gasteiger partial charge on any atom is 0.339 e. The van der Waals surface area contributed by atoms with E-state index in [0.29, 0.717) is 32.4 Å². The number of carboxylic acids is 2. The first-order valence-corrected chi connectivity index (χ1v) is 9.28. The molecule has 9 heteroatoms. The minimum absolute atomic E-state index is 0.0157. The first-order valence-electron chi connectivity index (χ1n) is 8.90.